The van der Waals surface area contributed by atoms with Crippen LogP contribution in [0.3, 0.4) is 0 Å². The van der Waals surface area contributed by atoms with E-state index in [9.17, 15) is 4.79 Å². The van der Waals surface area contributed by atoms with Gasteiger partial charge in [0.25, 0.3) is 0 Å². The fraction of sp³-hybridized carbons (Fsp3) is 0.833. The number of carbonyl (C=O) groups excluding carboxylic acids is 1. The first-order valence-electron chi connectivity index (χ1n) is 3.01. The Labute approximate surface area is 49.5 Å². The fourth-order valence-corrected chi connectivity index (χ4v) is 0.809. The summed E-state index contributed by atoms with van der Waals surface area (Å²) in [6, 6.07) is 0. The molecular weight excluding hydrogens is 102 g/mol. The molecule has 45 valence electrons. The van der Waals surface area contributed by atoms with Crippen LogP contribution in [0, 0.1) is 0 Å². The molecule has 1 fully saturated rings. The maximum Gasteiger partial charge on any atom is 0.199 e. The zero-order valence-corrected chi connectivity index (χ0v) is 4.89. The number of nitrogens with zero attached hydrogens (tertiary/aromatic N) is 1. The van der Waals surface area contributed by atoms with Crippen molar-refractivity contribution >= 4 is 6.29 Å². The van der Waals surface area contributed by atoms with Crippen LogP contribution in [0.15, 0.2) is 0 Å². The van der Waals surface area contributed by atoms with Gasteiger partial charge < -0.3 is 4.90 Å². The standard InChI is InChI=1S/C6H10NO/c8-6-2-5-7-3-1-4-7/h1-5H2. The van der Waals surface area contributed by atoms with E-state index in [4.69, 9.17) is 0 Å². The first-order valence-corrected chi connectivity index (χ1v) is 3.01. The minimum absolute atomic E-state index is 0.583. The molecule has 1 aliphatic rings. The van der Waals surface area contributed by atoms with Crippen LogP contribution in [0.25, 0.3) is 0 Å². The van der Waals surface area contributed by atoms with Gasteiger partial charge in [-0.3, -0.25) is 4.79 Å². The van der Waals surface area contributed by atoms with E-state index in [0.717, 1.165) is 6.54 Å². The first-order chi connectivity index (χ1) is 3.93. The van der Waals surface area contributed by atoms with Gasteiger partial charge in [-0.05, 0) is 19.5 Å². The second-order valence-corrected chi connectivity index (χ2v) is 2.09. The highest BCUT2D eigenvalue weighted by molar-refractivity contribution is 5.50. The second kappa shape index (κ2) is 2.82. The molecule has 2 heteroatoms. The highest BCUT2D eigenvalue weighted by Gasteiger charge is 2.11. The van der Waals surface area contributed by atoms with E-state index >= 15 is 0 Å². The lowest BCUT2D eigenvalue weighted by molar-refractivity contribution is 0.186. The average Bonchev–Trinajstić information content (AvgIpc) is 1.63. The van der Waals surface area contributed by atoms with Crippen molar-refractivity contribution in [2.24, 2.45) is 0 Å². The van der Waals surface area contributed by atoms with Gasteiger partial charge in [0.1, 0.15) is 0 Å². The minimum Gasteiger partial charge on any atom is -0.303 e. The van der Waals surface area contributed by atoms with Crippen molar-refractivity contribution in [3.63, 3.8) is 0 Å². The molecule has 0 spiro atoms. The van der Waals surface area contributed by atoms with Crippen molar-refractivity contribution in [3.05, 3.63) is 0 Å². The largest absolute Gasteiger partial charge is 0.303 e. The molecule has 1 rings (SSSR count). The van der Waals surface area contributed by atoms with Crippen molar-refractivity contribution in [1.29, 1.82) is 0 Å². The quantitative estimate of drug-likeness (QED) is 0.519. The van der Waals surface area contributed by atoms with Gasteiger partial charge in [0.15, 0.2) is 6.29 Å². The molecule has 2 nitrogen and oxygen atoms in total. The predicted molar refractivity (Wildman–Crippen MR) is 31.4 cm³/mol. The Morgan fingerprint density at radius 3 is 2.62 bits per heavy atom. The Morgan fingerprint density at radius 1 is 1.50 bits per heavy atom. The molecule has 1 saturated heterocycles. The maximum atomic E-state index is 9.70. The second-order valence-electron chi connectivity index (χ2n) is 2.09. The molecule has 1 aliphatic heterocycles. The summed E-state index contributed by atoms with van der Waals surface area (Å²) in [5.41, 5.74) is 0. The Morgan fingerprint density at radius 2 is 2.25 bits per heavy atom. The normalized spacial score (nSPS) is 20.0. The van der Waals surface area contributed by atoms with Gasteiger partial charge in [0.05, 0.1) is 0 Å². The zero-order chi connectivity index (χ0) is 5.82. The lowest BCUT2D eigenvalue weighted by Crippen LogP contribution is -2.37. The summed E-state index contributed by atoms with van der Waals surface area (Å²) in [5.74, 6) is 0. The van der Waals surface area contributed by atoms with Gasteiger partial charge in [-0.25, -0.2) is 0 Å². The Hall–Kier alpha value is -0.370. The molecule has 0 unspecified atom stereocenters. The van der Waals surface area contributed by atoms with Crippen LogP contribution in [-0.2, 0) is 4.79 Å². The molecule has 0 atom stereocenters. The van der Waals surface area contributed by atoms with Crippen LogP contribution in [0.1, 0.15) is 12.8 Å². The summed E-state index contributed by atoms with van der Waals surface area (Å²) in [6.07, 6.45) is 3.76. The molecule has 0 N–H and O–H groups in total. The van der Waals surface area contributed by atoms with Gasteiger partial charge in [0.2, 0.25) is 0 Å². The summed E-state index contributed by atoms with van der Waals surface area (Å²) in [5, 5.41) is 0. The molecule has 0 amide bonds. The topological polar surface area (TPSA) is 20.3 Å². The number of hydrogen-bond acceptors (Lipinski definition) is 2. The van der Waals surface area contributed by atoms with Gasteiger partial charge in [0, 0.05) is 13.0 Å². The highest BCUT2D eigenvalue weighted by Crippen LogP contribution is 2.04. The molecule has 0 aromatic heterocycles. The average molecular weight is 112 g/mol. The van der Waals surface area contributed by atoms with E-state index in [1.165, 1.54) is 19.5 Å². The minimum atomic E-state index is 0.583. The molecule has 0 saturated carbocycles. The van der Waals surface area contributed by atoms with Crippen molar-refractivity contribution < 1.29 is 4.79 Å². The fourth-order valence-electron chi connectivity index (χ4n) is 0.809. The van der Waals surface area contributed by atoms with Gasteiger partial charge in [-0.2, -0.15) is 0 Å². The van der Waals surface area contributed by atoms with E-state index in [2.05, 4.69) is 4.90 Å². The van der Waals surface area contributed by atoms with Gasteiger partial charge >= 0.3 is 0 Å². The smallest absolute Gasteiger partial charge is 0.199 e. The molecule has 0 aromatic rings. The first kappa shape index (κ1) is 5.76. The molecule has 8 heavy (non-hydrogen) atoms. The number of rotatable bonds is 3. The number of likely N-dealkylation sites (tertiary alicyclic amines) is 1. The molecule has 0 bridgehead atoms. The third-order valence-electron chi connectivity index (χ3n) is 1.48. The summed E-state index contributed by atoms with van der Waals surface area (Å²) in [7, 11) is 0. The SMILES string of the molecule is O=[C]CCN1CCC1. The van der Waals surface area contributed by atoms with E-state index < -0.39 is 0 Å². The molecular formula is C6H10NO. The third-order valence-corrected chi connectivity index (χ3v) is 1.48. The monoisotopic (exact) mass is 112 g/mol. The molecule has 0 aliphatic carbocycles. The highest BCUT2D eigenvalue weighted by atomic mass is 16.1. The van der Waals surface area contributed by atoms with Crippen LogP contribution >= 0.6 is 0 Å². The molecule has 1 radical (unpaired) electrons. The van der Waals surface area contributed by atoms with E-state index in [1.807, 2.05) is 6.29 Å². The Kier molecular flexibility index (Phi) is 2.03. The van der Waals surface area contributed by atoms with Crippen molar-refractivity contribution in [2.75, 3.05) is 19.6 Å². The Bertz CT molecular complexity index is 78.6. The van der Waals surface area contributed by atoms with Crippen LogP contribution in [0.2, 0.25) is 0 Å². The molecule has 0 aromatic carbocycles. The van der Waals surface area contributed by atoms with Crippen molar-refractivity contribution in [2.45, 2.75) is 12.8 Å². The van der Waals surface area contributed by atoms with Gasteiger partial charge in [-0.1, -0.05) is 0 Å². The van der Waals surface area contributed by atoms with Crippen LogP contribution in [0.4, 0.5) is 0 Å². The van der Waals surface area contributed by atoms with Crippen molar-refractivity contribution in [3.8, 4) is 0 Å². The summed E-state index contributed by atoms with van der Waals surface area (Å²) >= 11 is 0. The van der Waals surface area contributed by atoms with E-state index in [-0.39, 0.29) is 0 Å². The predicted octanol–water partition coefficient (Wildman–Crippen LogP) is 0.192. The lowest BCUT2D eigenvalue weighted by atomic mass is 10.2. The Balaban J connectivity index is 1.93. The maximum absolute atomic E-state index is 9.70. The lowest BCUT2D eigenvalue weighted by Gasteiger charge is -2.29. The van der Waals surface area contributed by atoms with Crippen LogP contribution in [0.5, 0.6) is 0 Å². The van der Waals surface area contributed by atoms with Crippen LogP contribution in [-0.4, -0.2) is 30.8 Å². The van der Waals surface area contributed by atoms with Crippen molar-refractivity contribution in [1.82, 2.24) is 4.90 Å². The summed E-state index contributed by atoms with van der Waals surface area (Å²) in [6.45, 7) is 3.28. The van der Waals surface area contributed by atoms with E-state index in [1.54, 1.807) is 0 Å². The van der Waals surface area contributed by atoms with Gasteiger partial charge in [-0.15, -0.1) is 0 Å². The number of hydrogen-bond donors (Lipinski definition) is 0. The van der Waals surface area contributed by atoms with E-state index in [0.29, 0.717) is 6.42 Å². The summed E-state index contributed by atoms with van der Waals surface area (Å²) < 4.78 is 0. The molecule has 1 heterocycles. The zero-order valence-electron chi connectivity index (χ0n) is 4.89. The summed E-state index contributed by atoms with van der Waals surface area (Å²) in [4.78, 5) is 12.0. The van der Waals surface area contributed by atoms with Crippen LogP contribution < -0.4 is 0 Å². The third kappa shape index (κ3) is 1.30.